The number of methoxy groups -OCH3 is 1. The normalized spacial score (nSPS) is 12.2. The van der Waals surface area contributed by atoms with Crippen molar-refractivity contribution in [1.29, 1.82) is 0 Å². The first-order valence-electron chi connectivity index (χ1n) is 6.07. The van der Waals surface area contributed by atoms with Crippen LogP contribution in [0.25, 0.3) is 0 Å². The van der Waals surface area contributed by atoms with Crippen LogP contribution in [0.15, 0.2) is 36.5 Å². The summed E-state index contributed by atoms with van der Waals surface area (Å²) in [6.45, 7) is 2.14. The molecular formula is C14H19N3O. The molecule has 0 saturated carbocycles. The second-order valence-corrected chi connectivity index (χ2v) is 4.44. The van der Waals surface area contributed by atoms with Gasteiger partial charge in [-0.15, -0.1) is 0 Å². The maximum absolute atomic E-state index is 5.35. The van der Waals surface area contributed by atoms with Crippen molar-refractivity contribution in [3.05, 3.63) is 42.1 Å². The number of aryl methyl sites for hydroxylation is 1. The topological polar surface area (TPSA) is 39.1 Å². The molecule has 1 aromatic carbocycles. The fourth-order valence-electron chi connectivity index (χ4n) is 2.00. The van der Waals surface area contributed by atoms with E-state index in [0.29, 0.717) is 6.04 Å². The highest BCUT2D eigenvalue weighted by Gasteiger charge is 2.08. The Balaban J connectivity index is 2.00. The van der Waals surface area contributed by atoms with Crippen LogP contribution in [0.4, 0.5) is 5.82 Å². The molecule has 0 fully saturated rings. The number of benzene rings is 1. The van der Waals surface area contributed by atoms with E-state index in [-0.39, 0.29) is 0 Å². The quantitative estimate of drug-likeness (QED) is 0.879. The van der Waals surface area contributed by atoms with E-state index >= 15 is 0 Å². The third kappa shape index (κ3) is 3.03. The number of anilines is 1. The van der Waals surface area contributed by atoms with E-state index in [0.717, 1.165) is 18.0 Å². The fourth-order valence-corrected chi connectivity index (χ4v) is 2.00. The minimum absolute atomic E-state index is 0.302. The number of rotatable bonds is 5. The molecule has 0 aliphatic carbocycles. The summed E-state index contributed by atoms with van der Waals surface area (Å²) in [6, 6.07) is 10.4. The van der Waals surface area contributed by atoms with E-state index in [1.807, 2.05) is 37.5 Å². The number of hydrogen-bond donors (Lipinski definition) is 1. The van der Waals surface area contributed by atoms with Gasteiger partial charge in [-0.25, -0.2) is 0 Å². The summed E-state index contributed by atoms with van der Waals surface area (Å²) in [5.41, 5.74) is 1.20. The van der Waals surface area contributed by atoms with Crippen molar-refractivity contribution < 1.29 is 4.74 Å². The first-order chi connectivity index (χ1) is 8.69. The fraction of sp³-hybridized carbons (Fsp3) is 0.357. The van der Waals surface area contributed by atoms with Crippen molar-refractivity contribution in [2.75, 3.05) is 12.4 Å². The molecule has 0 spiro atoms. The van der Waals surface area contributed by atoms with E-state index in [9.17, 15) is 0 Å². The largest absolute Gasteiger partial charge is 0.496 e. The zero-order valence-corrected chi connectivity index (χ0v) is 11.1. The Hall–Kier alpha value is -1.97. The highest BCUT2D eigenvalue weighted by molar-refractivity contribution is 5.37. The van der Waals surface area contributed by atoms with Gasteiger partial charge >= 0.3 is 0 Å². The van der Waals surface area contributed by atoms with Gasteiger partial charge in [-0.1, -0.05) is 18.2 Å². The standard InChI is InChI=1S/C14H19N3O/c1-11(15-14-8-9-17(2)16-14)10-12-6-4-5-7-13(12)18-3/h4-9,11H,10H2,1-3H3,(H,15,16). The Morgan fingerprint density at radius 3 is 2.78 bits per heavy atom. The molecule has 1 N–H and O–H groups in total. The summed E-state index contributed by atoms with van der Waals surface area (Å²) in [7, 11) is 3.62. The van der Waals surface area contributed by atoms with Crippen LogP contribution in [-0.2, 0) is 13.5 Å². The van der Waals surface area contributed by atoms with Crippen molar-refractivity contribution in [1.82, 2.24) is 9.78 Å². The third-order valence-corrected chi connectivity index (χ3v) is 2.83. The van der Waals surface area contributed by atoms with Crippen LogP contribution in [0.5, 0.6) is 5.75 Å². The van der Waals surface area contributed by atoms with Gasteiger partial charge in [-0.05, 0) is 25.0 Å². The summed E-state index contributed by atoms with van der Waals surface area (Å²) in [6.07, 6.45) is 2.83. The molecule has 1 aromatic heterocycles. The molecule has 4 nitrogen and oxygen atoms in total. The lowest BCUT2D eigenvalue weighted by molar-refractivity contribution is 0.409. The van der Waals surface area contributed by atoms with Gasteiger partial charge in [-0.3, -0.25) is 4.68 Å². The predicted octanol–water partition coefficient (Wildman–Crippen LogP) is 2.47. The van der Waals surface area contributed by atoms with E-state index < -0.39 is 0 Å². The average Bonchev–Trinajstić information content (AvgIpc) is 2.75. The Bertz CT molecular complexity index is 507. The second-order valence-electron chi connectivity index (χ2n) is 4.44. The number of ether oxygens (including phenoxy) is 1. The maximum Gasteiger partial charge on any atom is 0.148 e. The molecule has 4 heteroatoms. The molecule has 1 heterocycles. The molecule has 0 radical (unpaired) electrons. The van der Waals surface area contributed by atoms with Gasteiger partial charge in [0.1, 0.15) is 11.6 Å². The van der Waals surface area contributed by atoms with Crippen molar-refractivity contribution in [3.8, 4) is 5.75 Å². The first kappa shape index (κ1) is 12.5. The Labute approximate surface area is 108 Å². The molecule has 2 rings (SSSR count). The number of nitrogens with zero attached hydrogens (tertiary/aromatic N) is 2. The monoisotopic (exact) mass is 245 g/mol. The Kier molecular flexibility index (Phi) is 3.87. The van der Waals surface area contributed by atoms with Gasteiger partial charge in [0.15, 0.2) is 0 Å². The highest BCUT2D eigenvalue weighted by atomic mass is 16.5. The Morgan fingerprint density at radius 2 is 2.11 bits per heavy atom. The van der Waals surface area contributed by atoms with E-state index in [4.69, 9.17) is 4.74 Å². The second kappa shape index (κ2) is 5.58. The number of para-hydroxylation sites is 1. The maximum atomic E-state index is 5.35. The lowest BCUT2D eigenvalue weighted by Gasteiger charge is -2.15. The highest BCUT2D eigenvalue weighted by Crippen LogP contribution is 2.19. The summed E-state index contributed by atoms with van der Waals surface area (Å²) < 4.78 is 7.14. The van der Waals surface area contributed by atoms with Crippen LogP contribution in [0.3, 0.4) is 0 Å². The molecule has 2 aromatic rings. The molecule has 0 saturated heterocycles. The van der Waals surface area contributed by atoms with Gasteiger partial charge in [-0.2, -0.15) is 5.10 Å². The van der Waals surface area contributed by atoms with Gasteiger partial charge < -0.3 is 10.1 Å². The molecular weight excluding hydrogens is 226 g/mol. The first-order valence-corrected chi connectivity index (χ1v) is 6.07. The Morgan fingerprint density at radius 1 is 1.33 bits per heavy atom. The smallest absolute Gasteiger partial charge is 0.148 e. The van der Waals surface area contributed by atoms with Gasteiger partial charge in [0.25, 0.3) is 0 Å². The number of aromatic nitrogens is 2. The minimum atomic E-state index is 0.302. The molecule has 1 unspecified atom stereocenters. The molecule has 96 valence electrons. The van der Waals surface area contributed by atoms with Gasteiger partial charge in [0, 0.05) is 25.4 Å². The number of nitrogens with one attached hydrogen (secondary N) is 1. The zero-order valence-electron chi connectivity index (χ0n) is 11.1. The van der Waals surface area contributed by atoms with Crippen LogP contribution < -0.4 is 10.1 Å². The van der Waals surface area contributed by atoms with E-state index in [1.54, 1.807) is 11.8 Å². The van der Waals surface area contributed by atoms with E-state index in [2.05, 4.69) is 23.4 Å². The minimum Gasteiger partial charge on any atom is -0.496 e. The third-order valence-electron chi connectivity index (χ3n) is 2.83. The summed E-state index contributed by atoms with van der Waals surface area (Å²) >= 11 is 0. The SMILES string of the molecule is COc1ccccc1CC(C)Nc1ccn(C)n1. The van der Waals surface area contributed by atoms with Crippen LogP contribution in [0, 0.1) is 0 Å². The molecule has 0 aliphatic heterocycles. The van der Waals surface area contributed by atoms with E-state index in [1.165, 1.54) is 5.56 Å². The molecule has 18 heavy (non-hydrogen) atoms. The van der Waals surface area contributed by atoms with Crippen molar-refractivity contribution in [2.45, 2.75) is 19.4 Å². The zero-order chi connectivity index (χ0) is 13.0. The molecule has 0 amide bonds. The van der Waals surface area contributed by atoms with Gasteiger partial charge in [0.05, 0.1) is 7.11 Å². The van der Waals surface area contributed by atoms with Crippen molar-refractivity contribution in [2.24, 2.45) is 7.05 Å². The average molecular weight is 245 g/mol. The van der Waals surface area contributed by atoms with Crippen LogP contribution in [-0.4, -0.2) is 22.9 Å². The molecule has 0 bridgehead atoms. The van der Waals surface area contributed by atoms with Crippen LogP contribution >= 0.6 is 0 Å². The van der Waals surface area contributed by atoms with Crippen molar-refractivity contribution >= 4 is 5.82 Å². The van der Waals surface area contributed by atoms with Crippen LogP contribution in [0.2, 0.25) is 0 Å². The summed E-state index contributed by atoms with van der Waals surface area (Å²) in [5.74, 6) is 1.84. The number of hydrogen-bond acceptors (Lipinski definition) is 3. The lowest BCUT2D eigenvalue weighted by Crippen LogP contribution is -2.18. The van der Waals surface area contributed by atoms with Crippen LogP contribution in [0.1, 0.15) is 12.5 Å². The molecule has 0 aliphatic rings. The van der Waals surface area contributed by atoms with Gasteiger partial charge in [0.2, 0.25) is 0 Å². The summed E-state index contributed by atoms with van der Waals surface area (Å²) in [5, 5.41) is 7.68. The summed E-state index contributed by atoms with van der Waals surface area (Å²) in [4.78, 5) is 0. The molecule has 1 atom stereocenters. The lowest BCUT2D eigenvalue weighted by atomic mass is 10.1. The predicted molar refractivity (Wildman–Crippen MR) is 73.0 cm³/mol. The van der Waals surface area contributed by atoms with Crippen molar-refractivity contribution in [3.63, 3.8) is 0 Å².